The molecule has 0 heterocycles. The highest BCUT2D eigenvalue weighted by Crippen LogP contribution is 2.27. The molecule has 7 nitrogen and oxygen atoms in total. The summed E-state index contributed by atoms with van der Waals surface area (Å²) in [5.74, 6) is 2.91. The normalized spacial score (nSPS) is 11.0. The lowest BCUT2D eigenvalue weighted by atomic mass is 10.2. The monoisotopic (exact) mass is 368 g/mol. The molecule has 0 fully saturated rings. The number of hydrogen-bond acceptors (Lipinski definition) is 5. The number of aliphatic imine (C=N–C) groups is 1. The first-order valence-corrected chi connectivity index (χ1v) is 9.33. The van der Waals surface area contributed by atoms with Crippen LogP contribution in [0, 0.1) is 0 Å². The summed E-state index contributed by atoms with van der Waals surface area (Å²) in [6, 6.07) is 5.69. The van der Waals surface area contributed by atoms with Crippen molar-refractivity contribution in [1.82, 2.24) is 15.5 Å². The summed E-state index contributed by atoms with van der Waals surface area (Å²) in [7, 11) is 6.67. The second-order valence-corrected chi connectivity index (χ2v) is 6.40. The zero-order chi connectivity index (χ0) is 18.7. The number of carbonyl (C=O) groups is 1. The van der Waals surface area contributed by atoms with Crippen LogP contribution in [0.3, 0.4) is 0 Å². The SMILES string of the molecule is COc1ccc(CN=C(NCCSC)NCC(=O)N(C)C)cc1OC. The van der Waals surface area contributed by atoms with Crippen LogP contribution in [0.2, 0.25) is 0 Å². The van der Waals surface area contributed by atoms with Gasteiger partial charge < -0.3 is 25.0 Å². The number of carbonyl (C=O) groups excluding carboxylic acids is 1. The van der Waals surface area contributed by atoms with Gasteiger partial charge in [-0.2, -0.15) is 11.8 Å². The molecule has 1 aromatic rings. The molecule has 0 aliphatic heterocycles. The van der Waals surface area contributed by atoms with Gasteiger partial charge in [-0.1, -0.05) is 6.07 Å². The van der Waals surface area contributed by atoms with Gasteiger partial charge in [0, 0.05) is 26.4 Å². The van der Waals surface area contributed by atoms with Crippen LogP contribution in [0.25, 0.3) is 0 Å². The number of ether oxygens (including phenoxy) is 2. The maximum absolute atomic E-state index is 11.8. The third-order valence-electron chi connectivity index (χ3n) is 3.37. The van der Waals surface area contributed by atoms with E-state index in [1.807, 2.05) is 24.5 Å². The van der Waals surface area contributed by atoms with Gasteiger partial charge in [0.25, 0.3) is 0 Å². The zero-order valence-electron chi connectivity index (χ0n) is 15.6. The van der Waals surface area contributed by atoms with E-state index in [-0.39, 0.29) is 12.5 Å². The van der Waals surface area contributed by atoms with Crippen LogP contribution < -0.4 is 20.1 Å². The highest BCUT2D eigenvalue weighted by atomic mass is 32.2. The van der Waals surface area contributed by atoms with Gasteiger partial charge in [-0.25, -0.2) is 4.99 Å². The predicted octanol–water partition coefficient (Wildman–Crippen LogP) is 1.19. The Morgan fingerprint density at radius 1 is 1.20 bits per heavy atom. The van der Waals surface area contributed by atoms with Crippen molar-refractivity contribution in [3.63, 3.8) is 0 Å². The Morgan fingerprint density at radius 2 is 1.92 bits per heavy atom. The average Bonchev–Trinajstić information content (AvgIpc) is 2.62. The van der Waals surface area contributed by atoms with E-state index in [1.165, 1.54) is 0 Å². The summed E-state index contributed by atoms with van der Waals surface area (Å²) in [6.07, 6.45) is 2.05. The molecule has 1 amide bonds. The highest BCUT2D eigenvalue weighted by molar-refractivity contribution is 7.98. The van der Waals surface area contributed by atoms with Gasteiger partial charge in [-0.15, -0.1) is 0 Å². The smallest absolute Gasteiger partial charge is 0.241 e. The maximum Gasteiger partial charge on any atom is 0.241 e. The molecule has 25 heavy (non-hydrogen) atoms. The lowest BCUT2D eigenvalue weighted by Crippen LogP contribution is -2.43. The minimum absolute atomic E-state index is 0.00881. The minimum Gasteiger partial charge on any atom is -0.493 e. The first-order valence-electron chi connectivity index (χ1n) is 7.94. The second kappa shape index (κ2) is 11.5. The lowest BCUT2D eigenvalue weighted by Gasteiger charge is -2.15. The van der Waals surface area contributed by atoms with Gasteiger partial charge in [0.1, 0.15) is 0 Å². The van der Waals surface area contributed by atoms with Crippen molar-refractivity contribution >= 4 is 23.6 Å². The molecular weight excluding hydrogens is 340 g/mol. The van der Waals surface area contributed by atoms with E-state index < -0.39 is 0 Å². The van der Waals surface area contributed by atoms with Crippen LogP contribution in [0.15, 0.2) is 23.2 Å². The van der Waals surface area contributed by atoms with Gasteiger partial charge in [-0.3, -0.25) is 4.79 Å². The highest BCUT2D eigenvalue weighted by Gasteiger charge is 2.07. The van der Waals surface area contributed by atoms with Gasteiger partial charge in [-0.05, 0) is 24.0 Å². The fourth-order valence-electron chi connectivity index (χ4n) is 1.91. The average molecular weight is 369 g/mol. The summed E-state index contributed by atoms with van der Waals surface area (Å²) in [6.45, 7) is 1.43. The third kappa shape index (κ3) is 7.55. The molecule has 0 radical (unpaired) electrons. The molecule has 0 bridgehead atoms. The topological polar surface area (TPSA) is 75.2 Å². The van der Waals surface area contributed by atoms with E-state index in [4.69, 9.17) is 9.47 Å². The first-order chi connectivity index (χ1) is 12.0. The standard InChI is InChI=1S/C17H28N4O3S/c1-21(2)16(22)12-20-17(18-8-9-25-5)19-11-13-6-7-14(23-3)15(10-13)24-4/h6-7,10H,8-9,11-12H2,1-5H3,(H2,18,19,20). The molecule has 8 heteroatoms. The van der Waals surface area contributed by atoms with Gasteiger partial charge in [0.05, 0.1) is 27.3 Å². The summed E-state index contributed by atoms with van der Waals surface area (Å²) < 4.78 is 10.6. The van der Waals surface area contributed by atoms with Crippen LogP contribution in [-0.4, -0.2) is 70.2 Å². The van der Waals surface area contributed by atoms with Gasteiger partial charge in [0.15, 0.2) is 17.5 Å². The lowest BCUT2D eigenvalue weighted by molar-refractivity contribution is -0.127. The van der Waals surface area contributed by atoms with Crippen molar-refractivity contribution in [1.29, 1.82) is 0 Å². The number of rotatable bonds is 9. The third-order valence-corrected chi connectivity index (χ3v) is 3.98. The molecular formula is C17H28N4O3S. The number of nitrogens with one attached hydrogen (secondary N) is 2. The van der Waals surface area contributed by atoms with Crippen molar-refractivity contribution in [2.75, 3.05) is 53.4 Å². The van der Waals surface area contributed by atoms with Gasteiger partial charge in [0.2, 0.25) is 5.91 Å². The van der Waals surface area contributed by atoms with Crippen LogP contribution >= 0.6 is 11.8 Å². The number of hydrogen-bond donors (Lipinski definition) is 2. The van der Waals surface area contributed by atoms with Crippen LogP contribution in [0.5, 0.6) is 11.5 Å². The Kier molecular flexibility index (Phi) is 9.61. The van der Waals surface area contributed by atoms with E-state index in [0.717, 1.165) is 17.9 Å². The first kappa shape index (κ1) is 21.0. The maximum atomic E-state index is 11.8. The van der Waals surface area contributed by atoms with Crippen LogP contribution in [0.1, 0.15) is 5.56 Å². The Hall–Kier alpha value is -2.09. The molecule has 0 aliphatic carbocycles. The van der Waals surface area contributed by atoms with E-state index >= 15 is 0 Å². The molecule has 0 saturated carbocycles. The van der Waals surface area contributed by atoms with E-state index in [2.05, 4.69) is 15.6 Å². The zero-order valence-corrected chi connectivity index (χ0v) is 16.4. The molecule has 0 spiro atoms. The van der Waals surface area contributed by atoms with Crippen molar-refractivity contribution in [2.45, 2.75) is 6.54 Å². The van der Waals surface area contributed by atoms with Crippen molar-refractivity contribution in [3.05, 3.63) is 23.8 Å². The molecule has 0 atom stereocenters. The number of benzene rings is 1. The predicted molar refractivity (Wildman–Crippen MR) is 104 cm³/mol. The largest absolute Gasteiger partial charge is 0.493 e. The second-order valence-electron chi connectivity index (χ2n) is 5.42. The molecule has 2 N–H and O–H groups in total. The number of amides is 1. The number of methoxy groups -OCH3 is 2. The Bertz CT molecular complexity index is 579. The van der Waals surface area contributed by atoms with Crippen molar-refractivity contribution in [3.8, 4) is 11.5 Å². The summed E-state index contributed by atoms with van der Waals surface area (Å²) in [5.41, 5.74) is 0.988. The molecule has 1 rings (SSSR count). The summed E-state index contributed by atoms with van der Waals surface area (Å²) >= 11 is 1.75. The van der Waals surface area contributed by atoms with Crippen LogP contribution in [0.4, 0.5) is 0 Å². The molecule has 1 aromatic carbocycles. The molecule has 0 aromatic heterocycles. The molecule has 0 unspecified atom stereocenters. The Balaban J connectivity index is 2.77. The van der Waals surface area contributed by atoms with Gasteiger partial charge >= 0.3 is 0 Å². The fourth-order valence-corrected chi connectivity index (χ4v) is 2.22. The summed E-state index contributed by atoms with van der Waals surface area (Å²) in [4.78, 5) is 17.8. The van der Waals surface area contributed by atoms with Crippen molar-refractivity contribution in [2.24, 2.45) is 4.99 Å². The number of likely N-dealkylation sites (N-methyl/N-ethyl adjacent to an activating group) is 1. The Labute approximate surface area is 154 Å². The number of nitrogens with zero attached hydrogens (tertiary/aromatic N) is 2. The van der Waals surface area contributed by atoms with E-state index in [0.29, 0.717) is 24.0 Å². The van der Waals surface area contributed by atoms with E-state index in [1.54, 1.807) is 45.0 Å². The number of guanidine groups is 1. The molecule has 0 saturated heterocycles. The Morgan fingerprint density at radius 3 is 2.52 bits per heavy atom. The van der Waals surface area contributed by atoms with E-state index in [9.17, 15) is 4.79 Å². The fraction of sp³-hybridized carbons (Fsp3) is 0.529. The molecule has 0 aliphatic rings. The number of thioether (sulfide) groups is 1. The molecule has 140 valence electrons. The van der Waals surface area contributed by atoms with Crippen molar-refractivity contribution < 1.29 is 14.3 Å². The quantitative estimate of drug-likeness (QED) is 0.387. The summed E-state index contributed by atoms with van der Waals surface area (Å²) in [5, 5.41) is 6.29. The van der Waals surface area contributed by atoms with Crippen LogP contribution in [-0.2, 0) is 11.3 Å². The minimum atomic E-state index is -0.00881.